The lowest BCUT2D eigenvalue weighted by Gasteiger charge is -2.12. The molecular weight excluding hydrogens is 480 g/mol. The van der Waals surface area contributed by atoms with Crippen LogP contribution in [0.1, 0.15) is 23.9 Å². The third kappa shape index (κ3) is 5.47. The molecule has 0 amide bonds. The number of rotatable bonds is 9. The number of aromatic nitrogens is 2. The molecule has 0 aliphatic carbocycles. The Hall–Kier alpha value is -4.36. The lowest BCUT2D eigenvalue weighted by molar-refractivity contribution is -0.142. The smallest absolute Gasteiger partial charge is 0.310 e. The van der Waals surface area contributed by atoms with Gasteiger partial charge in [-0.15, -0.1) is 0 Å². The Balaban J connectivity index is 1.54. The highest BCUT2D eigenvalue weighted by Gasteiger charge is 2.21. The Morgan fingerprint density at radius 2 is 1.86 bits per heavy atom. The summed E-state index contributed by atoms with van der Waals surface area (Å²) in [4.78, 5) is 16.5. The molecule has 4 rings (SSSR count). The summed E-state index contributed by atoms with van der Waals surface area (Å²) in [5.41, 5.74) is 2.63. The number of aryl methyl sites for hydroxylation is 1. The number of benzene rings is 3. The molecule has 4 aromatic rings. The van der Waals surface area contributed by atoms with Crippen molar-refractivity contribution in [1.29, 1.82) is 5.26 Å². The van der Waals surface area contributed by atoms with Crippen LogP contribution in [-0.2, 0) is 39.6 Å². The van der Waals surface area contributed by atoms with Crippen molar-refractivity contribution in [3.63, 3.8) is 0 Å². The number of hydrogen-bond donors (Lipinski definition) is 1. The molecule has 36 heavy (non-hydrogen) atoms. The molecule has 0 atom stereocenters. The van der Waals surface area contributed by atoms with Crippen molar-refractivity contribution >= 4 is 32.7 Å². The van der Waals surface area contributed by atoms with Gasteiger partial charge in [0.15, 0.2) is 0 Å². The fraction of sp³-hybridized carbons (Fsp3) is 0.192. The maximum Gasteiger partial charge on any atom is 0.310 e. The second-order valence-corrected chi connectivity index (χ2v) is 9.56. The molecule has 3 aromatic carbocycles. The number of ether oxygens (including phenoxy) is 2. The number of nitriles is 1. The molecule has 0 aliphatic heterocycles. The van der Waals surface area contributed by atoms with E-state index in [1.807, 2.05) is 11.6 Å². The average molecular weight is 505 g/mol. The Labute approximate surface area is 209 Å². The van der Waals surface area contributed by atoms with Crippen LogP contribution in [0, 0.1) is 11.3 Å². The highest BCUT2D eigenvalue weighted by molar-refractivity contribution is 7.92. The molecule has 9 nitrogen and oxygen atoms in total. The van der Waals surface area contributed by atoms with Gasteiger partial charge < -0.3 is 14.0 Å². The summed E-state index contributed by atoms with van der Waals surface area (Å²) < 4.78 is 41.5. The first-order chi connectivity index (χ1) is 17.3. The highest BCUT2D eigenvalue weighted by atomic mass is 32.2. The fourth-order valence-corrected chi connectivity index (χ4v) is 5.00. The topological polar surface area (TPSA) is 123 Å². The van der Waals surface area contributed by atoms with Crippen molar-refractivity contribution in [2.24, 2.45) is 7.05 Å². The maximum absolute atomic E-state index is 13.1. The van der Waals surface area contributed by atoms with Gasteiger partial charge in [-0.2, -0.15) is 5.26 Å². The number of fused-ring (bicyclic) bond motifs is 1. The van der Waals surface area contributed by atoms with Crippen LogP contribution in [0.25, 0.3) is 11.0 Å². The van der Waals surface area contributed by atoms with Crippen LogP contribution in [0.15, 0.2) is 71.6 Å². The zero-order valence-corrected chi connectivity index (χ0v) is 20.6. The third-order valence-electron chi connectivity index (χ3n) is 5.48. The number of sulfonamides is 1. The van der Waals surface area contributed by atoms with E-state index in [-0.39, 0.29) is 24.5 Å². The first-order valence-electron chi connectivity index (χ1n) is 11.2. The Morgan fingerprint density at radius 1 is 1.11 bits per heavy atom. The van der Waals surface area contributed by atoms with Gasteiger partial charge >= 0.3 is 5.97 Å². The summed E-state index contributed by atoms with van der Waals surface area (Å²) in [7, 11) is -2.12. The molecular formula is C26H24N4O5S. The van der Waals surface area contributed by atoms with Crippen LogP contribution in [0.3, 0.4) is 0 Å². The van der Waals surface area contributed by atoms with E-state index in [1.54, 1.807) is 67.6 Å². The molecule has 0 radical (unpaired) electrons. The maximum atomic E-state index is 13.1. The van der Waals surface area contributed by atoms with Gasteiger partial charge in [-0.05, 0) is 61.0 Å². The first kappa shape index (κ1) is 24.8. The summed E-state index contributed by atoms with van der Waals surface area (Å²) in [5.74, 6) is 0.760. The van der Waals surface area contributed by atoms with Crippen molar-refractivity contribution < 1.29 is 22.7 Å². The lowest BCUT2D eigenvalue weighted by atomic mass is 10.1. The summed E-state index contributed by atoms with van der Waals surface area (Å²) in [5, 5.41) is 8.91. The van der Waals surface area contributed by atoms with Crippen molar-refractivity contribution in [2.75, 3.05) is 11.3 Å². The lowest BCUT2D eigenvalue weighted by Crippen LogP contribution is -2.17. The van der Waals surface area contributed by atoms with E-state index in [0.29, 0.717) is 33.9 Å². The average Bonchev–Trinajstić information content (AvgIpc) is 3.17. The fourth-order valence-electron chi connectivity index (χ4n) is 3.71. The number of nitrogens with one attached hydrogen (secondary N) is 1. The third-order valence-corrected chi connectivity index (χ3v) is 6.96. The molecule has 1 heterocycles. The predicted molar refractivity (Wildman–Crippen MR) is 134 cm³/mol. The number of esters is 1. The van der Waals surface area contributed by atoms with Crippen LogP contribution >= 0.6 is 0 Å². The summed E-state index contributed by atoms with van der Waals surface area (Å²) in [6.07, 6.45) is -0.146. The number of carbonyl (C=O) groups excluding carboxylic acids is 1. The van der Waals surface area contributed by atoms with Gasteiger partial charge in [-0.3, -0.25) is 9.52 Å². The molecule has 0 saturated carbocycles. The molecule has 0 bridgehead atoms. The van der Waals surface area contributed by atoms with E-state index in [1.165, 1.54) is 6.07 Å². The first-order valence-corrected chi connectivity index (χ1v) is 12.6. The monoisotopic (exact) mass is 504 g/mol. The second kappa shape index (κ2) is 10.5. The summed E-state index contributed by atoms with van der Waals surface area (Å²) >= 11 is 0. The Morgan fingerprint density at radius 3 is 2.58 bits per heavy atom. The molecule has 10 heteroatoms. The van der Waals surface area contributed by atoms with Crippen molar-refractivity contribution in [2.45, 2.75) is 24.8 Å². The van der Waals surface area contributed by atoms with Crippen molar-refractivity contribution in [1.82, 2.24) is 9.55 Å². The van der Waals surface area contributed by atoms with Crippen molar-refractivity contribution in [3.8, 4) is 11.8 Å². The number of nitrogens with zero attached hydrogens (tertiary/aromatic N) is 3. The van der Waals surface area contributed by atoms with E-state index in [9.17, 15) is 13.2 Å². The van der Waals surface area contributed by atoms with E-state index in [0.717, 1.165) is 5.52 Å². The molecule has 0 fully saturated rings. The van der Waals surface area contributed by atoms with E-state index in [2.05, 4.69) is 15.8 Å². The van der Waals surface area contributed by atoms with Crippen LogP contribution in [0.5, 0.6) is 5.75 Å². The SMILES string of the molecule is CCOC(=O)Cc1ccccc1S(=O)(=O)Nc1ccc2c(c1)nc(COc1ccc(C#N)cc1)n2C. The Bertz CT molecular complexity index is 1550. The van der Waals surface area contributed by atoms with Crippen LogP contribution in [0.4, 0.5) is 5.69 Å². The summed E-state index contributed by atoms with van der Waals surface area (Å²) in [6.45, 7) is 2.11. The molecule has 184 valence electrons. The van der Waals surface area contributed by atoms with Gasteiger partial charge in [-0.25, -0.2) is 13.4 Å². The van der Waals surface area contributed by atoms with Crippen LogP contribution < -0.4 is 9.46 Å². The molecule has 1 N–H and O–H groups in total. The quantitative estimate of drug-likeness (QED) is 0.343. The minimum atomic E-state index is -3.97. The second-order valence-electron chi connectivity index (χ2n) is 7.91. The molecule has 0 unspecified atom stereocenters. The van der Waals surface area contributed by atoms with Crippen LogP contribution in [-0.4, -0.2) is 30.5 Å². The molecule has 0 saturated heterocycles. The van der Waals surface area contributed by atoms with Gasteiger partial charge in [-0.1, -0.05) is 18.2 Å². The number of hydrogen-bond acceptors (Lipinski definition) is 7. The van der Waals surface area contributed by atoms with Crippen LogP contribution in [0.2, 0.25) is 0 Å². The molecule has 0 spiro atoms. The van der Waals surface area contributed by atoms with Gasteiger partial charge in [0.25, 0.3) is 10.0 Å². The minimum Gasteiger partial charge on any atom is -0.486 e. The summed E-state index contributed by atoms with van der Waals surface area (Å²) in [6, 6.07) is 20.2. The normalized spacial score (nSPS) is 11.1. The standard InChI is InChI=1S/C26H24N4O5S/c1-3-34-26(31)14-19-6-4-5-7-24(19)36(32,33)29-20-10-13-23-22(15-20)28-25(30(23)2)17-35-21-11-8-18(16-27)9-12-21/h4-13,15,29H,3,14,17H2,1-2H3. The van der Waals surface area contributed by atoms with E-state index >= 15 is 0 Å². The van der Waals surface area contributed by atoms with E-state index < -0.39 is 16.0 Å². The van der Waals surface area contributed by atoms with E-state index in [4.69, 9.17) is 14.7 Å². The van der Waals surface area contributed by atoms with Crippen molar-refractivity contribution in [3.05, 3.63) is 83.7 Å². The van der Waals surface area contributed by atoms with Gasteiger partial charge in [0.05, 0.1) is 46.3 Å². The zero-order chi connectivity index (χ0) is 25.7. The zero-order valence-electron chi connectivity index (χ0n) is 19.8. The van der Waals surface area contributed by atoms with Gasteiger partial charge in [0, 0.05) is 7.05 Å². The number of anilines is 1. The largest absolute Gasteiger partial charge is 0.486 e. The number of carbonyl (C=O) groups is 1. The van der Waals surface area contributed by atoms with Gasteiger partial charge in [0.2, 0.25) is 0 Å². The Kier molecular flexibility index (Phi) is 7.22. The minimum absolute atomic E-state index is 0.00989. The highest BCUT2D eigenvalue weighted by Crippen LogP contribution is 2.25. The van der Waals surface area contributed by atoms with Gasteiger partial charge in [0.1, 0.15) is 18.2 Å². The number of imidazole rings is 1. The predicted octanol–water partition coefficient (Wildman–Crippen LogP) is 3.93. The molecule has 0 aliphatic rings. The molecule has 1 aromatic heterocycles.